The molecule has 3 amide bonds. The largest absolute Gasteiger partial charge is 0.354 e. The van der Waals surface area contributed by atoms with Gasteiger partial charge in [0.2, 0.25) is 5.91 Å². The zero-order chi connectivity index (χ0) is 16.9. The number of imide groups is 1. The standard InChI is InChI=1S/C17H18N2O3S2/c20-15(10-12-4-1-2-5-12)18-7-8-19-16(21)14(24-17(19)22)11-13-6-3-9-23-13/h1,3-4,6,9,11-12H,2,5,7-8,10H2,(H,18,20)/b14-11+. The predicted octanol–water partition coefficient (Wildman–Crippen LogP) is 3.26. The highest BCUT2D eigenvalue weighted by atomic mass is 32.2. The monoisotopic (exact) mass is 362 g/mol. The van der Waals surface area contributed by atoms with Crippen LogP contribution in [-0.2, 0) is 9.59 Å². The minimum atomic E-state index is -0.286. The Balaban J connectivity index is 1.48. The highest BCUT2D eigenvalue weighted by Crippen LogP contribution is 2.32. The molecule has 24 heavy (non-hydrogen) atoms. The summed E-state index contributed by atoms with van der Waals surface area (Å²) >= 11 is 2.47. The van der Waals surface area contributed by atoms with Gasteiger partial charge in [-0.2, -0.15) is 0 Å². The van der Waals surface area contributed by atoms with Gasteiger partial charge in [-0.05, 0) is 48.0 Å². The van der Waals surface area contributed by atoms with Gasteiger partial charge < -0.3 is 5.32 Å². The van der Waals surface area contributed by atoms with Crippen molar-refractivity contribution in [3.05, 3.63) is 39.4 Å². The van der Waals surface area contributed by atoms with Crippen molar-refractivity contribution in [2.75, 3.05) is 13.1 Å². The normalized spacial score (nSPS) is 21.9. The second kappa shape index (κ2) is 7.81. The fraction of sp³-hybridized carbons (Fsp3) is 0.353. The minimum Gasteiger partial charge on any atom is -0.354 e. The zero-order valence-corrected chi connectivity index (χ0v) is 14.7. The number of nitrogens with one attached hydrogen (secondary N) is 1. The zero-order valence-electron chi connectivity index (χ0n) is 13.1. The molecule has 1 aromatic rings. The molecule has 1 aliphatic carbocycles. The SMILES string of the molecule is O=C(CC1C=CCC1)NCCN1C(=O)S/C(=C/c2cccs2)C1=O. The molecule has 2 aliphatic rings. The molecule has 126 valence electrons. The number of carbonyl (C=O) groups excluding carboxylic acids is 3. The van der Waals surface area contributed by atoms with Crippen LogP contribution in [0.25, 0.3) is 6.08 Å². The Morgan fingerprint density at radius 2 is 2.29 bits per heavy atom. The second-order valence-electron chi connectivity index (χ2n) is 5.67. The van der Waals surface area contributed by atoms with Crippen LogP contribution in [0.3, 0.4) is 0 Å². The summed E-state index contributed by atoms with van der Waals surface area (Å²) in [5.74, 6) is -0.00466. The van der Waals surface area contributed by atoms with E-state index in [0.717, 1.165) is 29.5 Å². The van der Waals surface area contributed by atoms with Gasteiger partial charge in [-0.1, -0.05) is 18.2 Å². The molecule has 5 nitrogen and oxygen atoms in total. The van der Waals surface area contributed by atoms with E-state index in [2.05, 4.69) is 17.5 Å². The Morgan fingerprint density at radius 3 is 3.00 bits per heavy atom. The van der Waals surface area contributed by atoms with E-state index in [1.165, 1.54) is 16.2 Å². The van der Waals surface area contributed by atoms with Crippen molar-refractivity contribution in [1.82, 2.24) is 10.2 Å². The van der Waals surface area contributed by atoms with E-state index in [1.807, 2.05) is 17.5 Å². The Morgan fingerprint density at radius 1 is 1.42 bits per heavy atom. The van der Waals surface area contributed by atoms with Crippen LogP contribution in [0.2, 0.25) is 0 Å². The lowest BCUT2D eigenvalue weighted by molar-refractivity contribution is -0.124. The Bertz CT molecular complexity index is 695. The maximum Gasteiger partial charge on any atom is 0.293 e. The molecular weight excluding hydrogens is 344 g/mol. The number of allylic oxidation sites excluding steroid dienone is 2. The predicted molar refractivity (Wildman–Crippen MR) is 96.5 cm³/mol. The van der Waals surface area contributed by atoms with E-state index in [9.17, 15) is 14.4 Å². The molecule has 7 heteroatoms. The summed E-state index contributed by atoms with van der Waals surface area (Å²) in [5.41, 5.74) is 0. The van der Waals surface area contributed by atoms with Gasteiger partial charge in [0.15, 0.2) is 0 Å². The van der Waals surface area contributed by atoms with Gasteiger partial charge in [-0.15, -0.1) is 11.3 Å². The van der Waals surface area contributed by atoms with E-state index in [4.69, 9.17) is 0 Å². The molecule has 1 N–H and O–H groups in total. The number of thiophene rings is 1. The Labute approximate surface area is 148 Å². The second-order valence-corrected chi connectivity index (χ2v) is 7.64. The first kappa shape index (κ1) is 17.0. The lowest BCUT2D eigenvalue weighted by Crippen LogP contribution is -2.37. The van der Waals surface area contributed by atoms with E-state index < -0.39 is 0 Å². The quantitative estimate of drug-likeness (QED) is 0.623. The molecule has 0 aromatic carbocycles. The van der Waals surface area contributed by atoms with Crippen molar-refractivity contribution in [1.29, 1.82) is 0 Å². The third kappa shape index (κ3) is 4.15. The van der Waals surface area contributed by atoms with Crippen LogP contribution < -0.4 is 5.32 Å². The maximum atomic E-state index is 12.3. The number of thioether (sulfide) groups is 1. The summed E-state index contributed by atoms with van der Waals surface area (Å²) in [6.45, 7) is 0.498. The number of nitrogens with zero attached hydrogens (tertiary/aromatic N) is 1. The number of hydrogen-bond acceptors (Lipinski definition) is 5. The van der Waals surface area contributed by atoms with Crippen molar-refractivity contribution in [3.8, 4) is 0 Å². The molecule has 0 spiro atoms. The van der Waals surface area contributed by atoms with Crippen molar-refractivity contribution in [3.63, 3.8) is 0 Å². The highest BCUT2D eigenvalue weighted by Gasteiger charge is 2.34. The summed E-state index contributed by atoms with van der Waals surface area (Å²) < 4.78 is 0. The minimum absolute atomic E-state index is 0.0346. The molecule has 1 saturated heterocycles. The van der Waals surface area contributed by atoms with E-state index in [-0.39, 0.29) is 23.6 Å². The Kier molecular flexibility index (Phi) is 5.52. The molecule has 0 radical (unpaired) electrons. The van der Waals surface area contributed by atoms with Crippen LogP contribution in [0, 0.1) is 5.92 Å². The molecule has 1 fully saturated rings. The van der Waals surface area contributed by atoms with Crippen LogP contribution in [0.1, 0.15) is 24.1 Å². The van der Waals surface area contributed by atoms with Crippen LogP contribution in [0.5, 0.6) is 0 Å². The first-order valence-electron chi connectivity index (χ1n) is 7.86. The smallest absolute Gasteiger partial charge is 0.293 e. The summed E-state index contributed by atoms with van der Waals surface area (Å²) in [7, 11) is 0. The van der Waals surface area contributed by atoms with Crippen LogP contribution in [0.15, 0.2) is 34.6 Å². The molecule has 1 atom stereocenters. The number of carbonyl (C=O) groups is 3. The molecule has 3 rings (SSSR count). The van der Waals surface area contributed by atoms with Gasteiger partial charge in [0.1, 0.15) is 0 Å². The topological polar surface area (TPSA) is 66.5 Å². The number of rotatable bonds is 6. The lowest BCUT2D eigenvalue weighted by Gasteiger charge is -2.13. The average molecular weight is 362 g/mol. The van der Waals surface area contributed by atoms with Gasteiger partial charge in [0.25, 0.3) is 11.1 Å². The molecule has 2 heterocycles. The third-order valence-corrected chi connectivity index (χ3v) is 5.63. The summed E-state index contributed by atoms with van der Waals surface area (Å²) in [6.07, 6.45) is 8.43. The molecule has 1 aromatic heterocycles. The van der Waals surface area contributed by atoms with Gasteiger partial charge in [0.05, 0.1) is 4.91 Å². The molecule has 0 bridgehead atoms. The molecule has 1 aliphatic heterocycles. The van der Waals surface area contributed by atoms with Crippen molar-refractivity contribution in [2.24, 2.45) is 5.92 Å². The third-order valence-electron chi connectivity index (χ3n) is 3.91. The van der Waals surface area contributed by atoms with E-state index >= 15 is 0 Å². The van der Waals surface area contributed by atoms with Gasteiger partial charge in [0, 0.05) is 24.4 Å². The van der Waals surface area contributed by atoms with Gasteiger partial charge >= 0.3 is 0 Å². The maximum absolute atomic E-state index is 12.3. The van der Waals surface area contributed by atoms with Crippen molar-refractivity contribution < 1.29 is 14.4 Å². The summed E-state index contributed by atoms with van der Waals surface area (Å²) in [4.78, 5) is 38.7. The summed E-state index contributed by atoms with van der Waals surface area (Å²) in [5, 5.41) is 4.43. The van der Waals surface area contributed by atoms with Crippen LogP contribution in [-0.4, -0.2) is 35.0 Å². The first-order valence-corrected chi connectivity index (χ1v) is 9.55. The fourth-order valence-corrected chi connectivity index (χ4v) is 4.27. The fourth-order valence-electron chi connectivity index (χ4n) is 2.68. The average Bonchev–Trinajstić information content (AvgIpc) is 3.27. The first-order chi connectivity index (χ1) is 11.6. The molecule has 0 saturated carbocycles. The summed E-state index contributed by atoms with van der Waals surface area (Å²) in [6, 6.07) is 3.80. The lowest BCUT2D eigenvalue weighted by atomic mass is 10.1. The van der Waals surface area contributed by atoms with Crippen molar-refractivity contribution in [2.45, 2.75) is 19.3 Å². The Hall–Kier alpha value is -1.86. The van der Waals surface area contributed by atoms with E-state index in [1.54, 1.807) is 6.08 Å². The molecule has 1 unspecified atom stereocenters. The van der Waals surface area contributed by atoms with Gasteiger partial charge in [-0.3, -0.25) is 19.3 Å². The van der Waals surface area contributed by atoms with Crippen LogP contribution >= 0.6 is 23.1 Å². The highest BCUT2D eigenvalue weighted by molar-refractivity contribution is 8.18. The number of hydrogen-bond donors (Lipinski definition) is 1. The number of amides is 3. The van der Waals surface area contributed by atoms with Gasteiger partial charge in [-0.25, -0.2) is 0 Å². The molecular formula is C17H18N2O3S2. The van der Waals surface area contributed by atoms with Crippen LogP contribution in [0.4, 0.5) is 4.79 Å². The van der Waals surface area contributed by atoms with Crippen molar-refractivity contribution >= 4 is 46.2 Å². The van der Waals surface area contributed by atoms with E-state index in [0.29, 0.717) is 23.8 Å².